The average molecular weight is 504 g/mol. The van der Waals surface area contributed by atoms with Crippen LogP contribution in [0.4, 0.5) is 11.4 Å². The summed E-state index contributed by atoms with van der Waals surface area (Å²) in [6.45, 7) is 0. The lowest BCUT2D eigenvalue weighted by molar-refractivity contribution is -0.125. The minimum absolute atomic E-state index is 0.209. The van der Waals surface area contributed by atoms with Crippen molar-refractivity contribution in [2.45, 2.75) is 18.2 Å². The van der Waals surface area contributed by atoms with E-state index in [0.717, 1.165) is 17.0 Å². The smallest absolute Gasteiger partial charge is 0.240 e. The molecular weight excluding hydrogens is 485 g/mol. The third-order valence-electron chi connectivity index (χ3n) is 7.55. The summed E-state index contributed by atoms with van der Waals surface area (Å²) in [5.41, 5.74) is 2.93. The molecule has 2 bridgehead atoms. The van der Waals surface area contributed by atoms with Crippen LogP contribution in [0.15, 0.2) is 84.0 Å². The molecule has 0 radical (unpaired) electrons. The average Bonchev–Trinajstić information content (AvgIpc) is 3.61. The van der Waals surface area contributed by atoms with E-state index in [9.17, 15) is 9.59 Å². The van der Waals surface area contributed by atoms with E-state index in [1.807, 2.05) is 65.7 Å². The number of carbonyl (C=O) groups is 2. The fourth-order valence-electron chi connectivity index (χ4n) is 6.19. The molecule has 0 aliphatic carbocycles. The summed E-state index contributed by atoms with van der Waals surface area (Å²) in [5.74, 6) is -1.77. The van der Waals surface area contributed by atoms with Gasteiger partial charge in [0.2, 0.25) is 11.8 Å². The molecule has 3 saturated heterocycles. The van der Waals surface area contributed by atoms with Gasteiger partial charge in [0.1, 0.15) is 0 Å². The number of fused-ring (bicyclic) bond motifs is 8. The van der Waals surface area contributed by atoms with Gasteiger partial charge >= 0.3 is 0 Å². The molecule has 0 saturated carbocycles. The maximum Gasteiger partial charge on any atom is 0.240 e. The molecule has 4 aliphatic heterocycles. The first kappa shape index (κ1) is 21.1. The molecule has 3 aromatic rings. The number of halogens is 2. The van der Waals surface area contributed by atoms with Crippen LogP contribution in [0.2, 0.25) is 10.0 Å². The van der Waals surface area contributed by atoms with Gasteiger partial charge in [-0.05, 0) is 30.3 Å². The van der Waals surface area contributed by atoms with Crippen molar-refractivity contribution in [3.05, 3.63) is 94.5 Å². The quantitative estimate of drug-likeness (QED) is 0.482. The van der Waals surface area contributed by atoms with Crippen LogP contribution in [0.3, 0.4) is 0 Å². The van der Waals surface area contributed by atoms with Gasteiger partial charge in [-0.25, -0.2) is 4.90 Å². The molecule has 6 nitrogen and oxygen atoms in total. The van der Waals surface area contributed by atoms with Crippen molar-refractivity contribution in [2.75, 3.05) is 9.91 Å². The van der Waals surface area contributed by atoms with Crippen LogP contribution in [0.25, 0.3) is 0 Å². The second-order valence-corrected chi connectivity index (χ2v) is 10.0. The Hall–Kier alpha value is -3.19. The highest BCUT2D eigenvalue weighted by atomic mass is 35.5. The monoisotopic (exact) mass is 503 g/mol. The second-order valence-electron chi connectivity index (χ2n) is 9.25. The predicted molar refractivity (Wildman–Crippen MR) is 134 cm³/mol. The molecule has 0 N–H and O–H groups in total. The largest absolute Gasteiger partial charge is 0.370 e. The van der Waals surface area contributed by atoms with Crippen LogP contribution >= 0.6 is 23.2 Å². The Morgan fingerprint density at radius 1 is 0.714 bits per heavy atom. The Labute approximate surface area is 211 Å². The van der Waals surface area contributed by atoms with E-state index in [1.54, 1.807) is 18.2 Å². The Balaban J connectivity index is 1.35. The van der Waals surface area contributed by atoms with Crippen molar-refractivity contribution in [2.24, 2.45) is 22.9 Å². The minimum Gasteiger partial charge on any atom is -0.370 e. The number of rotatable bonds is 3. The number of anilines is 2. The zero-order valence-corrected chi connectivity index (χ0v) is 19.8. The van der Waals surface area contributed by atoms with Gasteiger partial charge in [0.05, 0.1) is 63.1 Å². The molecule has 4 heterocycles. The van der Waals surface area contributed by atoms with Crippen LogP contribution in [0.5, 0.6) is 0 Å². The van der Waals surface area contributed by atoms with Gasteiger partial charge in [0.15, 0.2) is 0 Å². The van der Waals surface area contributed by atoms with Crippen molar-refractivity contribution in [1.82, 2.24) is 0 Å². The summed E-state index contributed by atoms with van der Waals surface area (Å²) in [5, 5.41) is 7.79. The van der Waals surface area contributed by atoms with E-state index >= 15 is 0 Å². The predicted octanol–water partition coefficient (Wildman–Crippen LogP) is 4.79. The summed E-state index contributed by atoms with van der Waals surface area (Å²) < 4.78 is 6.44. The zero-order valence-electron chi connectivity index (χ0n) is 18.3. The molecule has 2 amide bonds. The number of carbonyl (C=O) groups excluding carboxylic acids is 2. The lowest BCUT2D eigenvalue weighted by Gasteiger charge is -2.32. The van der Waals surface area contributed by atoms with Crippen molar-refractivity contribution in [3.63, 3.8) is 0 Å². The number of hydrogen-bond donors (Lipinski definition) is 0. The van der Waals surface area contributed by atoms with Gasteiger partial charge in [-0.3, -0.25) is 14.6 Å². The van der Waals surface area contributed by atoms with Crippen LogP contribution in [-0.4, -0.2) is 35.8 Å². The highest BCUT2D eigenvalue weighted by Gasteiger charge is 2.72. The molecule has 4 aliphatic rings. The second kappa shape index (κ2) is 7.65. The van der Waals surface area contributed by atoms with Crippen molar-refractivity contribution >= 4 is 52.1 Å². The summed E-state index contributed by atoms with van der Waals surface area (Å²) in [6.07, 6.45) is -0.956. The Morgan fingerprint density at radius 2 is 1.34 bits per heavy atom. The Bertz CT molecular complexity index is 1400. The highest BCUT2D eigenvalue weighted by Crippen LogP contribution is 2.56. The van der Waals surface area contributed by atoms with Crippen LogP contribution in [0.1, 0.15) is 5.56 Å². The summed E-state index contributed by atoms with van der Waals surface area (Å²) in [4.78, 5) is 28.5. The normalized spacial score (nSPS) is 30.6. The van der Waals surface area contributed by atoms with Gasteiger partial charge in [-0.2, -0.15) is 5.10 Å². The van der Waals surface area contributed by atoms with Crippen molar-refractivity contribution in [1.29, 1.82) is 0 Å². The number of para-hydroxylation sites is 2. The number of ether oxygens (including phenoxy) is 1. The molecule has 0 aromatic heterocycles. The van der Waals surface area contributed by atoms with E-state index in [2.05, 4.69) is 0 Å². The summed E-state index contributed by atoms with van der Waals surface area (Å²) in [7, 11) is 0. The molecular formula is C27H19Cl2N3O3. The van der Waals surface area contributed by atoms with Crippen molar-refractivity contribution in [3.8, 4) is 0 Å². The summed E-state index contributed by atoms with van der Waals surface area (Å²) >= 11 is 13.0. The van der Waals surface area contributed by atoms with E-state index < -0.39 is 24.0 Å². The fraction of sp³-hybridized carbons (Fsp3) is 0.222. The van der Waals surface area contributed by atoms with Crippen molar-refractivity contribution < 1.29 is 14.3 Å². The first-order valence-corrected chi connectivity index (χ1v) is 12.3. The first-order valence-electron chi connectivity index (χ1n) is 11.5. The lowest BCUT2D eigenvalue weighted by Crippen LogP contribution is -2.50. The summed E-state index contributed by atoms with van der Waals surface area (Å²) in [6, 6.07) is 24.1. The van der Waals surface area contributed by atoms with Crippen LogP contribution < -0.4 is 9.91 Å². The standard InChI is InChI=1S/C27H19Cl2N3O3/c28-17-13-7-12-16(21(17)29)22-20-23(32(30-22)15-10-5-2-6-11-15)25-19-18(24(20)35-25)26(33)31(27(19)34)14-8-3-1-4-9-14/h1-13,18-20,23-25H/t18-,19+,20-,23+,24+,25-/m0/s1. The van der Waals surface area contributed by atoms with E-state index in [-0.39, 0.29) is 23.8 Å². The number of imide groups is 1. The number of hydrogen-bond acceptors (Lipinski definition) is 5. The minimum atomic E-state index is -0.562. The molecule has 0 spiro atoms. The maximum absolute atomic E-state index is 13.6. The van der Waals surface area contributed by atoms with E-state index in [1.165, 1.54) is 4.90 Å². The zero-order chi connectivity index (χ0) is 23.8. The first-order chi connectivity index (χ1) is 17.1. The third-order valence-corrected chi connectivity index (χ3v) is 8.37. The highest BCUT2D eigenvalue weighted by molar-refractivity contribution is 6.44. The topological polar surface area (TPSA) is 62.2 Å². The Morgan fingerprint density at radius 3 is 2.03 bits per heavy atom. The van der Waals surface area contributed by atoms with Crippen LogP contribution in [0, 0.1) is 17.8 Å². The fourth-order valence-corrected chi connectivity index (χ4v) is 6.59. The SMILES string of the molecule is O=C1[C@@H]2[C@H]3O[C@@H]([C@@H]2C(=O)N1c1ccccc1)[C@H]1[C@@H]3C(c2cccc(Cl)c2Cl)=NN1c1ccccc1. The molecule has 3 aromatic carbocycles. The van der Waals surface area contributed by atoms with Gasteiger partial charge in [0.25, 0.3) is 0 Å². The molecule has 0 unspecified atom stereocenters. The van der Waals surface area contributed by atoms with Gasteiger partial charge in [-0.1, -0.05) is 71.7 Å². The molecule has 8 heteroatoms. The number of benzene rings is 3. The number of amides is 2. The number of nitrogens with zero attached hydrogens (tertiary/aromatic N) is 3. The number of hydrazone groups is 1. The Kier molecular flexibility index (Phi) is 4.62. The third kappa shape index (κ3) is 2.84. The molecule has 3 fully saturated rings. The molecule has 7 rings (SSSR count). The van der Waals surface area contributed by atoms with Crippen LogP contribution in [-0.2, 0) is 14.3 Å². The van der Waals surface area contributed by atoms with Gasteiger partial charge < -0.3 is 4.74 Å². The van der Waals surface area contributed by atoms with Gasteiger partial charge in [-0.15, -0.1) is 0 Å². The maximum atomic E-state index is 13.6. The van der Waals surface area contributed by atoms with E-state index in [0.29, 0.717) is 15.7 Å². The molecule has 35 heavy (non-hydrogen) atoms. The molecule has 174 valence electrons. The lowest BCUT2D eigenvalue weighted by atomic mass is 9.70. The molecule has 6 atom stereocenters. The van der Waals surface area contributed by atoms with E-state index in [4.69, 9.17) is 33.0 Å². The van der Waals surface area contributed by atoms with Gasteiger partial charge in [0, 0.05) is 5.56 Å².